The number of hydrogen-bond acceptors (Lipinski definition) is 5. The average molecular weight is 319 g/mol. The fraction of sp³-hybridized carbons (Fsp3) is 0.455. The van der Waals surface area contributed by atoms with E-state index in [2.05, 4.69) is 27.8 Å². The van der Waals surface area contributed by atoms with Crippen molar-refractivity contribution >= 4 is 39.5 Å². The van der Waals surface area contributed by atoms with E-state index in [-0.39, 0.29) is 5.97 Å². The van der Waals surface area contributed by atoms with Crippen LogP contribution >= 0.6 is 27.7 Å². The van der Waals surface area contributed by atoms with Crippen molar-refractivity contribution in [3.63, 3.8) is 0 Å². The van der Waals surface area contributed by atoms with Crippen LogP contribution in [0, 0.1) is 0 Å². The van der Waals surface area contributed by atoms with Crippen molar-refractivity contribution in [2.24, 2.45) is 0 Å². The van der Waals surface area contributed by atoms with Crippen LogP contribution in [-0.4, -0.2) is 29.1 Å². The van der Waals surface area contributed by atoms with E-state index in [4.69, 9.17) is 10.5 Å². The van der Waals surface area contributed by atoms with Crippen LogP contribution < -0.4 is 5.73 Å². The zero-order valence-corrected chi connectivity index (χ0v) is 12.0. The number of esters is 1. The highest BCUT2D eigenvalue weighted by Crippen LogP contribution is 2.18. The number of nitrogen functional groups attached to an aromatic ring is 1. The Morgan fingerprint density at radius 3 is 3.12 bits per heavy atom. The van der Waals surface area contributed by atoms with Gasteiger partial charge in [-0.25, -0.2) is 9.78 Å². The Morgan fingerprint density at radius 2 is 2.41 bits per heavy atom. The van der Waals surface area contributed by atoms with Crippen molar-refractivity contribution in [3.8, 4) is 0 Å². The Kier molecular flexibility index (Phi) is 6.36. The second kappa shape index (κ2) is 7.55. The first-order chi connectivity index (χ1) is 8.15. The van der Waals surface area contributed by atoms with Crippen molar-refractivity contribution in [3.05, 3.63) is 22.3 Å². The van der Waals surface area contributed by atoms with Crippen molar-refractivity contribution in [1.29, 1.82) is 0 Å². The number of ether oxygens (including phenoxy) is 1. The minimum absolute atomic E-state index is 0.307. The van der Waals surface area contributed by atoms with Crippen LogP contribution in [0.4, 0.5) is 5.82 Å². The number of pyridine rings is 1. The molecule has 0 aliphatic heterocycles. The Bertz CT molecular complexity index is 388. The number of thioether (sulfide) groups is 1. The first-order valence-corrected chi connectivity index (χ1v) is 7.25. The minimum Gasteiger partial charge on any atom is -0.462 e. The van der Waals surface area contributed by atoms with Crippen LogP contribution in [0.2, 0.25) is 0 Å². The van der Waals surface area contributed by atoms with Gasteiger partial charge in [-0.2, -0.15) is 11.8 Å². The van der Waals surface area contributed by atoms with E-state index in [1.807, 2.05) is 11.8 Å². The zero-order valence-electron chi connectivity index (χ0n) is 9.61. The minimum atomic E-state index is -0.368. The van der Waals surface area contributed by atoms with E-state index in [0.717, 1.165) is 17.9 Å². The zero-order chi connectivity index (χ0) is 12.7. The van der Waals surface area contributed by atoms with E-state index in [1.165, 1.54) is 12.3 Å². The van der Waals surface area contributed by atoms with Gasteiger partial charge >= 0.3 is 5.97 Å². The molecule has 0 unspecified atom stereocenters. The predicted molar refractivity (Wildman–Crippen MR) is 74.2 cm³/mol. The van der Waals surface area contributed by atoms with Gasteiger partial charge in [-0.05, 0) is 39.9 Å². The highest BCUT2D eigenvalue weighted by atomic mass is 79.9. The number of hydrogen-bond donors (Lipinski definition) is 1. The lowest BCUT2D eigenvalue weighted by molar-refractivity contribution is 0.0505. The molecule has 0 radical (unpaired) electrons. The molecule has 0 atom stereocenters. The molecular weight excluding hydrogens is 304 g/mol. The summed E-state index contributed by atoms with van der Waals surface area (Å²) >= 11 is 5.07. The molecule has 94 valence electrons. The highest BCUT2D eigenvalue weighted by Gasteiger charge is 2.12. The molecule has 0 fully saturated rings. The van der Waals surface area contributed by atoms with Gasteiger partial charge in [-0.15, -0.1) is 0 Å². The fourth-order valence-electron chi connectivity index (χ4n) is 1.16. The summed E-state index contributed by atoms with van der Waals surface area (Å²) in [7, 11) is 0. The fourth-order valence-corrected chi connectivity index (χ4v) is 2.15. The number of carbonyl (C=O) groups excluding carboxylic acids is 1. The van der Waals surface area contributed by atoms with Crippen LogP contribution in [0.5, 0.6) is 0 Å². The van der Waals surface area contributed by atoms with E-state index in [9.17, 15) is 4.79 Å². The second-order valence-electron chi connectivity index (χ2n) is 3.28. The molecule has 4 nitrogen and oxygen atoms in total. The SMILES string of the molecule is CCSCCCOC(=O)c1cc(N)ncc1Br. The van der Waals surface area contributed by atoms with Gasteiger partial charge in [0.2, 0.25) is 0 Å². The maximum Gasteiger partial charge on any atom is 0.339 e. The monoisotopic (exact) mass is 318 g/mol. The van der Waals surface area contributed by atoms with Gasteiger partial charge in [0.15, 0.2) is 0 Å². The van der Waals surface area contributed by atoms with E-state index in [0.29, 0.717) is 22.5 Å². The van der Waals surface area contributed by atoms with Crippen molar-refractivity contribution < 1.29 is 9.53 Å². The quantitative estimate of drug-likeness (QED) is 0.645. The third-order valence-electron chi connectivity index (χ3n) is 1.97. The van der Waals surface area contributed by atoms with Crippen molar-refractivity contribution in [2.45, 2.75) is 13.3 Å². The number of anilines is 1. The Hall–Kier alpha value is -0.750. The second-order valence-corrected chi connectivity index (χ2v) is 5.52. The maximum atomic E-state index is 11.7. The predicted octanol–water partition coefficient (Wildman–Crippen LogP) is 2.73. The van der Waals surface area contributed by atoms with Crippen LogP contribution in [0.1, 0.15) is 23.7 Å². The summed E-state index contributed by atoms with van der Waals surface area (Å²) in [5.74, 6) is 2.03. The number of aromatic nitrogens is 1. The normalized spacial score (nSPS) is 10.2. The number of carbonyl (C=O) groups is 1. The molecule has 6 heteroatoms. The largest absolute Gasteiger partial charge is 0.462 e. The molecule has 0 spiro atoms. The summed E-state index contributed by atoms with van der Waals surface area (Å²) in [4.78, 5) is 15.6. The average Bonchev–Trinajstić information content (AvgIpc) is 2.32. The van der Waals surface area contributed by atoms with Gasteiger partial charge in [-0.3, -0.25) is 0 Å². The molecule has 17 heavy (non-hydrogen) atoms. The third kappa shape index (κ3) is 4.95. The van der Waals surface area contributed by atoms with Crippen LogP contribution in [0.25, 0.3) is 0 Å². The third-order valence-corrected chi connectivity index (χ3v) is 3.58. The van der Waals surface area contributed by atoms with Gasteiger partial charge in [-0.1, -0.05) is 6.92 Å². The molecule has 0 aliphatic rings. The molecule has 1 aromatic rings. The molecule has 0 saturated heterocycles. The van der Waals surface area contributed by atoms with Crippen molar-refractivity contribution in [2.75, 3.05) is 23.8 Å². The molecule has 0 amide bonds. The number of nitrogens with zero attached hydrogens (tertiary/aromatic N) is 1. The maximum absolute atomic E-state index is 11.7. The topological polar surface area (TPSA) is 65.2 Å². The smallest absolute Gasteiger partial charge is 0.339 e. The Balaban J connectivity index is 2.44. The van der Waals surface area contributed by atoms with Gasteiger partial charge < -0.3 is 10.5 Å². The van der Waals surface area contributed by atoms with Gasteiger partial charge in [0.1, 0.15) is 5.82 Å². The molecule has 0 bridgehead atoms. The lowest BCUT2D eigenvalue weighted by Gasteiger charge is -2.06. The molecule has 1 rings (SSSR count). The van der Waals surface area contributed by atoms with E-state index >= 15 is 0 Å². The van der Waals surface area contributed by atoms with Gasteiger partial charge in [0.05, 0.1) is 16.6 Å². The molecule has 1 aromatic heterocycles. The lowest BCUT2D eigenvalue weighted by atomic mass is 10.2. The summed E-state index contributed by atoms with van der Waals surface area (Å²) in [5.41, 5.74) is 5.93. The number of nitrogens with two attached hydrogens (primary N) is 1. The van der Waals surface area contributed by atoms with E-state index < -0.39 is 0 Å². The molecule has 0 aromatic carbocycles. The first-order valence-electron chi connectivity index (χ1n) is 5.31. The summed E-state index contributed by atoms with van der Waals surface area (Å²) in [6.07, 6.45) is 2.36. The number of halogens is 1. The first kappa shape index (κ1) is 14.3. The standard InChI is InChI=1S/C11H15BrN2O2S/c1-2-17-5-3-4-16-11(15)8-6-10(13)14-7-9(8)12/h6-7H,2-5H2,1H3,(H2,13,14). The van der Waals surface area contributed by atoms with Crippen LogP contribution in [-0.2, 0) is 4.74 Å². The molecule has 0 saturated carbocycles. The summed E-state index contributed by atoms with van der Waals surface area (Å²) < 4.78 is 5.74. The Labute approximate surface area is 113 Å². The van der Waals surface area contributed by atoms with Crippen LogP contribution in [0.15, 0.2) is 16.7 Å². The summed E-state index contributed by atoms with van der Waals surface area (Å²) in [5, 5.41) is 0. The molecule has 1 heterocycles. The molecule has 2 N–H and O–H groups in total. The lowest BCUT2D eigenvalue weighted by Crippen LogP contribution is -2.09. The highest BCUT2D eigenvalue weighted by molar-refractivity contribution is 9.10. The summed E-state index contributed by atoms with van der Waals surface area (Å²) in [6.45, 7) is 2.54. The summed E-state index contributed by atoms with van der Waals surface area (Å²) in [6, 6.07) is 1.51. The van der Waals surface area contributed by atoms with Crippen molar-refractivity contribution in [1.82, 2.24) is 4.98 Å². The van der Waals surface area contributed by atoms with Gasteiger partial charge in [0.25, 0.3) is 0 Å². The van der Waals surface area contributed by atoms with Gasteiger partial charge in [0, 0.05) is 6.20 Å². The van der Waals surface area contributed by atoms with Crippen LogP contribution in [0.3, 0.4) is 0 Å². The van der Waals surface area contributed by atoms with E-state index in [1.54, 1.807) is 0 Å². The molecule has 0 aliphatic carbocycles. The Morgan fingerprint density at radius 1 is 1.65 bits per heavy atom. The number of rotatable bonds is 6. The molecular formula is C11H15BrN2O2S.